The minimum absolute atomic E-state index is 0.285. The van der Waals surface area contributed by atoms with Crippen molar-refractivity contribution in [3.05, 3.63) is 71.5 Å². The largest absolute Gasteiger partial charge is 0.492 e. The predicted molar refractivity (Wildman–Crippen MR) is 107 cm³/mol. The molecule has 1 aromatic heterocycles. The molecule has 0 aliphatic heterocycles. The summed E-state index contributed by atoms with van der Waals surface area (Å²) in [6, 6.07) is 16.8. The SMILES string of the molecule is CCOc1ccccc1Nc1nc(C)cc(C(=O)Nc2cccc(C)c2)n1. The van der Waals surface area contributed by atoms with Crippen molar-refractivity contribution in [1.82, 2.24) is 9.97 Å². The molecule has 0 fully saturated rings. The van der Waals surface area contributed by atoms with E-state index in [1.165, 1.54) is 0 Å². The smallest absolute Gasteiger partial charge is 0.274 e. The summed E-state index contributed by atoms with van der Waals surface area (Å²) in [5.74, 6) is 0.764. The Morgan fingerprint density at radius 1 is 1.04 bits per heavy atom. The molecule has 0 spiro atoms. The van der Waals surface area contributed by atoms with Crippen molar-refractivity contribution in [3.63, 3.8) is 0 Å². The molecule has 0 aliphatic rings. The second-order valence-electron chi connectivity index (χ2n) is 6.10. The number of carbonyl (C=O) groups excluding carboxylic acids is 1. The summed E-state index contributed by atoms with van der Waals surface area (Å²) < 4.78 is 5.61. The maximum absolute atomic E-state index is 12.6. The average Bonchev–Trinajstić information content (AvgIpc) is 2.63. The van der Waals surface area contributed by atoms with Crippen LogP contribution in [0.25, 0.3) is 0 Å². The Labute approximate surface area is 158 Å². The first-order chi connectivity index (χ1) is 13.0. The van der Waals surface area contributed by atoms with Gasteiger partial charge in [0.15, 0.2) is 0 Å². The van der Waals surface area contributed by atoms with Gasteiger partial charge in [-0.2, -0.15) is 0 Å². The van der Waals surface area contributed by atoms with E-state index in [0.717, 1.165) is 16.9 Å². The fraction of sp³-hybridized carbons (Fsp3) is 0.190. The Balaban J connectivity index is 1.83. The molecule has 0 unspecified atom stereocenters. The maximum atomic E-state index is 12.6. The Kier molecular flexibility index (Phi) is 5.66. The number of aryl methyl sites for hydroxylation is 2. The zero-order valence-corrected chi connectivity index (χ0v) is 15.6. The normalized spacial score (nSPS) is 10.3. The maximum Gasteiger partial charge on any atom is 0.274 e. The van der Waals surface area contributed by atoms with Gasteiger partial charge in [-0.05, 0) is 56.7 Å². The fourth-order valence-electron chi connectivity index (χ4n) is 2.63. The van der Waals surface area contributed by atoms with Gasteiger partial charge in [-0.1, -0.05) is 24.3 Å². The van der Waals surface area contributed by atoms with Crippen molar-refractivity contribution >= 4 is 23.2 Å². The topological polar surface area (TPSA) is 76.1 Å². The predicted octanol–water partition coefficient (Wildman–Crippen LogP) is 4.49. The molecular weight excluding hydrogens is 340 g/mol. The Morgan fingerprint density at radius 3 is 2.63 bits per heavy atom. The van der Waals surface area contributed by atoms with Gasteiger partial charge in [-0.15, -0.1) is 0 Å². The number of benzene rings is 2. The standard InChI is InChI=1S/C21H22N4O2/c1-4-27-19-11-6-5-10-17(19)24-21-22-15(3)13-18(25-21)20(26)23-16-9-7-8-14(2)12-16/h5-13H,4H2,1-3H3,(H,23,26)(H,22,24,25). The number of nitrogens with zero attached hydrogens (tertiary/aromatic N) is 2. The molecule has 3 aromatic rings. The summed E-state index contributed by atoms with van der Waals surface area (Å²) in [5.41, 5.74) is 3.53. The molecule has 2 aromatic carbocycles. The lowest BCUT2D eigenvalue weighted by Gasteiger charge is -2.12. The summed E-state index contributed by atoms with van der Waals surface area (Å²) in [4.78, 5) is 21.3. The number of amides is 1. The van der Waals surface area contributed by atoms with Crippen molar-refractivity contribution in [2.75, 3.05) is 17.2 Å². The molecule has 6 nitrogen and oxygen atoms in total. The molecule has 0 bridgehead atoms. The number of ether oxygens (including phenoxy) is 1. The highest BCUT2D eigenvalue weighted by molar-refractivity contribution is 6.03. The van der Waals surface area contributed by atoms with E-state index in [9.17, 15) is 4.79 Å². The van der Waals surface area contributed by atoms with Crippen LogP contribution in [0.1, 0.15) is 28.7 Å². The van der Waals surface area contributed by atoms with Crippen LogP contribution in [-0.4, -0.2) is 22.5 Å². The van der Waals surface area contributed by atoms with E-state index in [1.807, 2.05) is 69.3 Å². The van der Waals surface area contributed by atoms with Crippen LogP contribution in [0.3, 0.4) is 0 Å². The Bertz CT molecular complexity index is 956. The van der Waals surface area contributed by atoms with Gasteiger partial charge in [0.2, 0.25) is 5.95 Å². The van der Waals surface area contributed by atoms with Crippen LogP contribution in [-0.2, 0) is 0 Å². The van der Waals surface area contributed by atoms with Gasteiger partial charge in [-0.25, -0.2) is 9.97 Å². The van der Waals surface area contributed by atoms with Crippen molar-refractivity contribution in [2.24, 2.45) is 0 Å². The summed E-state index contributed by atoms with van der Waals surface area (Å²) in [6.07, 6.45) is 0. The van der Waals surface area contributed by atoms with Crippen LogP contribution in [0, 0.1) is 13.8 Å². The zero-order chi connectivity index (χ0) is 19.2. The molecule has 0 aliphatic carbocycles. The van der Waals surface area contributed by atoms with E-state index in [1.54, 1.807) is 6.07 Å². The number of aromatic nitrogens is 2. The fourth-order valence-corrected chi connectivity index (χ4v) is 2.63. The second-order valence-corrected chi connectivity index (χ2v) is 6.10. The van der Waals surface area contributed by atoms with E-state index < -0.39 is 0 Å². The molecule has 0 saturated heterocycles. The van der Waals surface area contributed by atoms with E-state index in [-0.39, 0.29) is 5.91 Å². The van der Waals surface area contributed by atoms with Gasteiger partial charge in [0.05, 0.1) is 12.3 Å². The first-order valence-electron chi connectivity index (χ1n) is 8.77. The third-order valence-electron chi connectivity index (χ3n) is 3.80. The van der Waals surface area contributed by atoms with Crippen molar-refractivity contribution in [3.8, 4) is 5.75 Å². The lowest BCUT2D eigenvalue weighted by atomic mass is 10.2. The number of hydrogen-bond acceptors (Lipinski definition) is 5. The second kappa shape index (κ2) is 8.31. The van der Waals surface area contributed by atoms with Gasteiger partial charge in [0, 0.05) is 11.4 Å². The molecule has 27 heavy (non-hydrogen) atoms. The van der Waals surface area contributed by atoms with Gasteiger partial charge in [-0.3, -0.25) is 4.79 Å². The summed E-state index contributed by atoms with van der Waals surface area (Å²) in [6.45, 7) is 6.28. The van der Waals surface area contributed by atoms with Crippen LogP contribution in [0.2, 0.25) is 0 Å². The van der Waals surface area contributed by atoms with E-state index in [2.05, 4.69) is 20.6 Å². The molecule has 3 rings (SSSR count). The third-order valence-corrected chi connectivity index (χ3v) is 3.80. The molecule has 1 heterocycles. The lowest BCUT2D eigenvalue weighted by molar-refractivity contribution is 0.102. The highest BCUT2D eigenvalue weighted by atomic mass is 16.5. The molecule has 0 radical (unpaired) electrons. The molecule has 0 saturated carbocycles. The quantitative estimate of drug-likeness (QED) is 0.676. The first kappa shape index (κ1) is 18.4. The van der Waals surface area contributed by atoms with Gasteiger partial charge in [0.25, 0.3) is 5.91 Å². The number of rotatable bonds is 6. The van der Waals surface area contributed by atoms with Crippen molar-refractivity contribution in [1.29, 1.82) is 0 Å². The van der Waals surface area contributed by atoms with Crippen LogP contribution in [0.15, 0.2) is 54.6 Å². The van der Waals surface area contributed by atoms with Crippen LogP contribution in [0.5, 0.6) is 5.75 Å². The molecule has 138 valence electrons. The number of carbonyl (C=O) groups is 1. The molecular formula is C21H22N4O2. The summed E-state index contributed by atoms with van der Waals surface area (Å²) in [5, 5.41) is 6.01. The van der Waals surface area contributed by atoms with Gasteiger partial charge >= 0.3 is 0 Å². The molecule has 2 N–H and O–H groups in total. The van der Waals surface area contributed by atoms with Gasteiger partial charge < -0.3 is 15.4 Å². The van der Waals surface area contributed by atoms with Crippen LogP contribution in [0.4, 0.5) is 17.3 Å². The number of nitrogens with one attached hydrogen (secondary N) is 2. The van der Waals surface area contributed by atoms with Gasteiger partial charge in [0.1, 0.15) is 11.4 Å². The van der Waals surface area contributed by atoms with E-state index >= 15 is 0 Å². The highest BCUT2D eigenvalue weighted by Gasteiger charge is 2.12. The molecule has 6 heteroatoms. The number of hydrogen-bond donors (Lipinski definition) is 2. The van der Waals surface area contributed by atoms with E-state index in [0.29, 0.717) is 29.7 Å². The molecule has 0 atom stereocenters. The third kappa shape index (κ3) is 4.82. The minimum atomic E-state index is -0.285. The Morgan fingerprint density at radius 2 is 1.85 bits per heavy atom. The molecule has 1 amide bonds. The lowest BCUT2D eigenvalue weighted by Crippen LogP contribution is -2.15. The monoisotopic (exact) mass is 362 g/mol. The van der Waals surface area contributed by atoms with E-state index in [4.69, 9.17) is 4.74 Å². The number of anilines is 3. The first-order valence-corrected chi connectivity index (χ1v) is 8.77. The summed E-state index contributed by atoms with van der Waals surface area (Å²) in [7, 11) is 0. The summed E-state index contributed by atoms with van der Waals surface area (Å²) >= 11 is 0. The van der Waals surface area contributed by atoms with Crippen LogP contribution >= 0.6 is 0 Å². The average molecular weight is 362 g/mol. The van der Waals surface area contributed by atoms with Crippen LogP contribution < -0.4 is 15.4 Å². The highest BCUT2D eigenvalue weighted by Crippen LogP contribution is 2.26. The Hall–Kier alpha value is -3.41. The minimum Gasteiger partial charge on any atom is -0.492 e. The van der Waals surface area contributed by atoms with Crippen molar-refractivity contribution < 1.29 is 9.53 Å². The number of para-hydroxylation sites is 2. The zero-order valence-electron chi connectivity index (χ0n) is 15.6. The van der Waals surface area contributed by atoms with Crippen molar-refractivity contribution in [2.45, 2.75) is 20.8 Å².